The van der Waals surface area contributed by atoms with Gasteiger partial charge in [0.25, 0.3) is 5.91 Å². The number of piperidine rings is 1. The molecule has 1 fully saturated rings. The molecule has 0 aromatic carbocycles. The molecule has 0 radical (unpaired) electrons. The van der Waals surface area contributed by atoms with Crippen molar-refractivity contribution in [3.05, 3.63) is 28.5 Å². The van der Waals surface area contributed by atoms with Crippen LogP contribution in [0.4, 0.5) is 0 Å². The Morgan fingerprint density at radius 2 is 2.41 bits per heavy atom. The quantitative estimate of drug-likeness (QED) is 0.873. The Balaban J connectivity index is 0.00000144. The average Bonchev–Trinajstić information content (AvgIpc) is 2.31. The largest absolute Gasteiger partial charge is 0.347 e. The molecule has 4 nitrogen and oxygen atoms in total. The first kappa shape index (κ1) is 14.4. The van der Waals surface area contributed by atoms with E-state index in [1.54, 1.807) is 12.3 Å². The van der Waals surface area contributed by atoms with Gasteiger partial charge in [0, 0.05) is 23.3 Å². The van der Waals surface area contributed by atoms with Crippen LogP contribution >= 0.6 is 28.3 Å². The van der Waals surface area contributed by atoms with Crippen LogP contribution < -0.4 is 10.6 Å². The van der Waals surface area contributed by atoms with Crippen LogP contribution in [0.25, 0.3) is 0 Å². The standard InChI is InChI=1S/C11H14BrN3O.ClH/c12-9-4-2-6-14-10(9)11(16)15-8-3-1-5-13-7-8;/h2,4,6,8,13H,1,3,5,7H2,(H,15,16);1H. The number of nitrogens with one attached hydrogen (secondary N) is 2. The van der Waals surface area contributed by atoms with Gasteiger partial charge < -0.3 is 10.6 Å². The van der Waals surface area contributed by atoms with E-state index in [2.05, 4.69) is 31.5 Å². The normalized spacial score (nSPS) is 19.2. The predicted octanol–water partition coefficient (Wildman–Crippen LogP) is 1.75. The zero-order valence-electron chi connectivity index (χ0n) is 9.28. The highest BCUT2D eigenvalue weighted by atomic mass is 79.9. The van der Waals surface area contributed by atoms with Gasteiger partial charge in [0.05, 0.1) is 0 Å². The number of pyridine rings is 1. The minimum absolute atomic E-state index is 0. The maximum absolute atomic E-state index is 11.9. The van der Waals surface area contributed by atoms with E-state index in [1.165, 1.54) is 0 Å². The summed E-state index contributed by atoms with van der Waals surface area (Å²) in [5, 5.41) is 6.24. The molecule has 1 aliphatic heterocycles. The smallest absolute Gasteiger partial charge is 0.271 e. The number of hydrogen-bond donors (Lipinski definition) is 2. The zero-order chi connectivity index (χ0) is 11.4. The van der Waals surface area contributed by atoms with Crippen LogP contribution in [-0.4, -0.2) is 30.0 Å². The van der Waals surface area contributed by atoms with Gasteiger partial charge in [-0.3, -0.25) is 4.79 Å². The molecule has 0 saturated carbocycles. The van der Waals surface area contributed by atoms with Crippen LogP contribution in [-0.2, 0) is 0 Å². The number of carbonyl (C=O) groups is 1. The molecular formula is C11H15BrClN3O. The Bertz CT molecular complexity index is 383. The molecule has 1 aromatic heterocycles. The molecule has 0 spiro atoms. The van der Waals surface area contributed by atoms with Gasteiger partial charge in [-0.15, -0.1) is 12.4 Å². The molecule has 1 aliphatic rings. The molecule has 1 saturated heterocycles. The van der Waals surface area contributed by atoms with Crippen molar-refractivity contribution in [1.29, 1.82) is 0 Å². The predicted molar refractivity (Wildman–Crippen MR) is 72.5 cm³/mol. The summed E-state index contributed by atoms with van der Waals surface area (Å²) in [4.78, 5) is 16.0. The van der Waals surface area contributed by atoms with E-state index in [9.17, 15) is 4.79 Å². The molecule has 0 aliphatic carbocycles. The summed E-state index contributed by atoms with van der Waals surface area (Å²) in [5.74, 6) is -0.110. The van der Waals surface area contributed by atoms with Crippen molar-refractivity contribution in [2.45, 2.75) is 18.9 Å². The highest BCUT2D eigenvalue weighted by Crippen LogP contribution is 2.13. The topological polar surface area (TPSA) is 54.0 Å². The molecule has 94 valence electrons. The van der Waals surface area contributed by atoms with Gasteiger partial charge >= 0.3 is 0 Å². The fourth-order valence-corrected chi connectivity index (χ4v) is 2.22. The summed E-state index contributed by atoms with van der Waals surface area (Å²) in [7, 11) is 0. The Kier molecular flexibility index (Phi) is 5.88. The first-order valence-corrected chi connectivity index (χ1v) is 6.19. The van der Waals surface area contributed by atoms with E-state index in [-0.39, 0.29) is 24.4 Å². The van der Waals surface area contributed by atoms with Crippen molar-refractivity contribution in [3.63, 3.8) is 0 Å². The number of hydrogen-bond acceptors (Lipinski definition) is 3. The summed E-state index contributed by atoms with van der Waals surface area (Å²) in [6.07, 6.45) is 3.76. The minimum Gasteiger partial charge on any atom is -0.347 e. The van der Waals surface area contributed by atoms with E-state index >= 15 is 0 Å². The third kappa shape index (κ3) is 3.94. The van der Waals surface area contributed by atoms with Crippen LogP contribution in [0.15, 0.2) is 22.8 Å². The van der Waals surface area contributed by atoms with Crippen molar-refractivity contribution in [1.82, 2.24) is 15.6 Å². The van der Waals surface area contributed by atoms with E-state index in [0.717, 1.165) is 30.4 Å². The van der Waals surface area contributed by atoms with Crippen LogP contribution in [0, 0.1) is 0 Å². The van der Waals surface area contributed by atoms with Gasteiger partial charge in [-0.05, 0) is 47.4 Å². The number of amides is 1. The van der Waals surface area contributed by atoms with Crippen molar-refractivity contribution in [2.24, 2.45) is 0 Å². The number of carbonyl (C=O) groups excluding carboxylic acids is 1. The number of nitrogens with zero attached hydrogens (tertiary/aromatic N) is 1. The van der Waals surface area contributed by atoms with E-state index < -0.39 is 0 Å². The molecule has 2 heterocycles. The Morgan fingerprint density at radius 1 is 1.59 bits per heavy atom. The van der Waals surface area contributed by atoms with Gasteiger partial charge in [-0.1, -0.05) is 0 Å². The van der Waals surface area contributed by atoms with Crippen molar-refractivity contribution in [3.8, 4) is 0 Å². The summed E-state index contributed by atoms with van der Waals surface area (Å²) in [6, 6.07) is 3.83. The van der Waals surface area contributed by atoms with E-state index in [1.807, 2.05) is 6.07 Å². The fourth-order valence-electron chi connectivity index (χ4n) is 1.78. The average molecular weight is 321 g/mol. The summed E-state index contributed by atoms with van der Waals surface area (Å²) >= 11 is 3.32. The molecule has 0 bridgehead atoms. The SMILES string of the molecule is Cl.O=C(NC1CCCNC1)c1ncccc1Br. The van der Waals surface area contributed by atoms with Crippen molar-refractivity contribution in [2.75, 3.05) is 13.1 Å². The maximum atomic E-state index is 11.9. The molecule has 1 aromatic rings. The van der Waals surface area contributed by atoms with Crippen LogP contribution in [0.2, 0.25) is 0 Å². The highest BCUT2D eigenvalue weighted by Gasteiger charge is 2.18. The number of halogens is 2. The monoisotopic (exact) mass is 319 g/mol. The van der Waals surface area contributed by atoms with Gasteiger partial charge in [0.1, 0.15) is 5.69 Å². The fraction of sp³-hybridized carbons (Fsp3) is 0.455. The van der Waals surface area contributed by atoms with E-state index in [4.69, 9.17) is 0 Å². The lowest BCUT2D eigenvalue weighted by atomic mass is 10.1. The summed E-state index contributed by atoms with van der Waals surface area (Å²) < 4.78 is 0.733. The lowest BCUT2D eigenvalue weighted by Gasteiger charge is -2.23. The molecule has 2 N–H and O–H groups in total. The second-order valence-electron chi connectivity index (χ2n) is 3.85. The maximum Gasteiger partial charge on any atom is 0.271 e. The Morgan fingerprint density at radius 3 is 3.06 bits per heavy atom. The van der Waals surface area contributed by atoms with Crippen LogP contribution in [0.3, 0.4) is 0 Å². The summed E-state index contributed by atoms with van der Waals surface area (Å²) in [6.45, 7) is 1.88. The third-order valence-corrected chi connectivity index (χ3v) is 3.25. The second-order valence-corrected chi connectivity index (χ2v) is 4.70. The first-order valence-electron chi connectivity index (χ1n) is 5.39. The van der Waals surface area contributed by atoms with Gasteiger partial charge in [0.15, 0.2) is 0 Å². The Hall–Kier alpha value is -0.650. The van der Waals surface area contributed by atoms with Crippen molar-refractivity contribution < 1.29 is 4.79 Å². The third-order valence-electron chi connectivity index (χ3n) is 2.61. The molecule has 2 rings (SSSR count). The molecule has 1 atom stereocenters. The van der Waals surface area contributed by atoms with Gasteiger partial charge in [0.2, 0.25) is 0 Å². The second kappa shape index (κ2) is 6.93. The first-order chi connectivity index (χ1) is 7.77. The van der Waals surface area contributed by atoms with Gasteiger partial charge in [-0.25, -0.2) is 4.98 Å². The minimum atomic E-state index is -0.110. The van der Waals surface area contributed by atoms with Crippen molar-refractivity contribution >= 4 is 34.2 Å². The lowest BCUT2D eigenvalue weighted by molar-refractivity contribution is 0.0925. The van der Waals surface area contributed by atoms with Gasteiger partial charge in [-0.2, -0.15) is 0 Å². The Labute approximate surface area is 115 Å². The highest BCUT2D eigenvalue weighted by molar-refractivity contribution is 9.10. The number of rotatable bonds is 2. The molecular weight excluding hydrogens is 305 g/mol. The van der Waals surface area contributed by atoms with Crippen LogP contribution in [0.5, 0.6) is 0 Å². The molecule has 6 heteroatoms. The van der Waals surface area contributed by atoms with Crippen LogP contribution in [0.1, 0.15) is 23.3 Å². The molecule has 1 unspecified atom stereocenters. The molecule has 1 amide bonds. The summed E-state index contributed by atoms with van der Waals surface area (Å²) in [5.41, 5.74) is 0.452. The lowest BCUT2D eigenvalue weighted by Crippen LogP contribution is -2.45. The zero-order valence-corrected chi connectivity index (χ0v) is 11.7. The number of aromatic nitrogens is 1. The van der Waals surface area contributed by atoms with E-state index in [0.29, 0.717) is 5.69 Å². The molecule has 17 heavy (non-hydrogen) atoms.